The molecular formula is C13H13Cl2NS2. The number of thioether (sulfide) groups is 1. The molecule has 0 aliphatic heterocycles. The van der Waals surface area contributed by atoms with E-state index in [0.717, 1.165) is 26.4 Å². The maximum atomic E-state index is 6.11. The molecule has 0 aliphatic carbocycles. The second-order valence-electron chi connectivity index (χ2n) is 3.94. The lowest BCUT2D eigenvalue weighted by Gasteiger charge is -2.10. The summed E-state index contributed by atoms with van der Waals surface area (Å²) in [4.78, 5) is 2.39. The van der Waals surface area contributed by atoms with Gasteiger partial charge >= 0.3 is 0 Å². The maximum Gasteiger partial charge on any atom is 0.0931 e. The van der Waals surface area contributed by atoms with Crippen LogP contribution in [0.25, 0.3) is 0 Å². The number of rotatable bonds is 5. The minimum absolute atomic E-state index is 0.128. The Bertz CT molecular complexity index is 513. The van der Waals surface area contributed by atoms with Gasteiger partial charge in [-0.1, -0.05) is 29.3 Å². The van der Waals surface area contributed by atoms with E-state index in [0.29, 0.717) is 0 Å². The molecule has 0 saturated heterocycles. The van der Waals surface area contributed by atoms with Gasteiger partial charge in [0.05, 0.1) is 4.34 Å². The first-order chi connectivity index (χ1) is 8.63. The molecule has 0 bridgehead atoms. The number of thiophene rings is 1. The predicted octanol–water partition coefficient (Wildman–Crippen LogP) is 4.72. The smallest absolute Gasteiger partial charge is 0.0931 e. The van der Waals surface area contributed by atoms with E-state index in [2.05, 4.69) is 0 Å². The second kappa shape index (κ2) is 6.83. The molecule has 0 aliphatic rings. The molecule has 0 fully saturated rings. The van der Waals surface area contributed by atoms with Crippen LogP contribution in [0.2, 0.25) is 9.36 Å². The molecule has 1 unspecified atom stereocenters. The van der Waals surface area contributed by atoms with Crippen LogP contribution in [0.4, 0.5) is 0 Å². The highest BCUT2D eigenvalue weighted by Crippen LogP contribution is 2.25. The molecule has 5 heteroatoms. The minimum Gasteiger partial charge on any atom is -0.327 e. The number of hydrogen-bond acceptors (Lipinski definition) is 3. The van der Waals surface area contributed by atoms with Gasteiger partial charge in [-0.2, -0.15) is 0 Å². The van der Waals surface area contributed by atoms with E-state index in [1.165, 1.54) is 4.88 Å². The summed E-state index contributed by atoms with van der Waals surface area (Å²) >= 11 is 15.2. The summed E-state index contributed by atoms with van der Waals surface area (Å²) < 4.78 is 0.819. The van der Waals surface area contributed by atoms with Crippen LogP contribution in [0, 0.1) is 0 Å². The standard InChI is InChI=1S/C13H13Cl2NS2/c14-9-2-1-3-11(6-9)17-8-10(16)7-12-4-5-13(15)18-12/h1-6,10H,7-8,16H2. The van der Waals surface area contributed by atoms with Gasteiger partial charge in [0.1, 0.15) is 0 Å². The first-order valence-corrected chi connectivity index (χ1v) is 8.07. The summed E-state index contributed by atoms with van der Waals surface area (Å²) in [6.07, 6.45) is 0.866. The Kier molecular flexibility index (Phi) is 5.39. The van der Waals surface area contributed by atoms with Crippen molar-refractivity contribution >= 4 is 46.3 Å². The summed E-state index contributed by atoms with van der Waals surface area (Å²) in [5, 5.41) is 0.763. The molecule has 2 aromatic rings. The Morgan fingerprint density at radius 3 is 2.72 bits per heavy atom. The van der Waals surface area contributed by atoms with Gasteiger partial charge in [-0.15, -0.1) is 23.1 Å². The molecule has 0 saturated carbocycles. The quantitative estimate of drug-likeness (QED) is 0.808. The molecule has 1 aromatic carbocycles. The number of benzene rings is 1. The minimum atomic E-state index is 0.128. The Balaban J connectivity index is 1.83. The second-order valence-corrected chi connectivity index (χ2v) is 7.27. The zero-order chi connectivity index (χ0) is 13.0. The molecule has 2 rings (SSSR count). The Hall–Kier alpha value is -0.190. The van der Waals surface area contributed by atoms with Gasteiger partial charge < -0.3 is 5.73 Å². The van der Waals surface area contributed by atoms with Crippen LogP contribution in [0.1, 0.15) is 4.88 Å². The third kappa shape index (κ3) is 4.48. The fourth-order valence-corrected chi connectivity index (χ4v) is 3.88. The van der Waals surface area contributed by atoms with Crippen LogP contribution in [-0.2, 0) is 6.42 Å². The summed E-state index contributed by atoms with van der Waals surface area (Å²) in [5.41, 5.74) is 6.11. The normalized spacial score (nSPS) is 12.6. The van der Waals surface area contributed by atoms with Crippen molar-refractivity contribution in [3.8, 4) is 0 Å². The molecular weight excluding hydrogens is 305 g/mol. The SMILES string of the molecule is NC(CSc1cccc(Cl)c1)Cc1ccc(Cl)s1. The van der Waals surface area contributed by atoms with E-state index in [-0.39, 0.29) is 6.04 Å². The molecule has 18 heavy (non-hydrogen) atoms. The number of halogens is 2. The summed E-state index contributed by atoms with van der Waals surface area (Å²) in [5.74, 6) is 0.871. The van der Waals surface area contributed by atoms with Crippen molar-refractivity contribution in [3.05, 3.63) is 50.6 Å². The lowest BCUT2D eigenvalue weighted by atomic mass is 10.2. The Morgan fingerprint density at radius 2 is 2.06 bits per heavy atom. The largest absolute Gasteiger partial charge is 0.327 e. The van der Waals surface area contributed by atoms with Crippen LogP contribution in [0.5, 0.6) is 0 Å². The van der Waals surface area contributed by atoms with Crippen molar-refractivity contribution in [2.24, 2.45) is 5.73 Å². The van der Waals surface area contributed by atoms with E-state index in [4.69, 9.17) is 28.9 Å². The lowest BCUT2D eigenvalue weighted by Crippen LogP contribution is -2.25. The zero-order valence-corrected chi connectivity index (χ0v) is 12.8. The van der Waals surface area contributed by atoms with Crippen LogP contribution >= 0.6 is 46.3 Å². The Morgan fingerprint density at radius 1 is 1.22 bits per heavy atom. The average molecular weight is 318 g/mol. The molecule has 0 amide bonds. The van der Waals surface area contributed by atoms with Gasteiger partial charge in [-0.05, 0) is 36.8 Å². The van der Waals surface area contributed by atoms with Crippen LogP contribution < -0.4 is 5.73 Å². The zero-order valence-electron chi connectivity index (χ0n) is 9.61. The molecule has 1 nitrogen and oxygen atoms in total. The van der Waals surface area contributed by atoms with E-state index < -0.39 is 0 Å². The molecule has 2 N–H and O–H groups in total. The highest BCUT2D eigenvalue weighted by Gasteiger charge is 2.07. The molecule has 96 valence electrons. The van der Waals surface area contributed by atoms with Crippen molar-refractivity contribution in [2.45, 2.75) is 17.4 Å². The third-order valence-electron chi connectivity index (χ3n) is 2.35. The van der Waals surface area contributed by atoms with Gasteiger partial charge in [0.25, 0.3) is 0 Å². The fourth-order valence-electron chi connectivity index (χ4n) is 1.54. The van der Waals surface area contributed by atoms with E-state index in [9.17, 15) is 0 Å². The van der Waals surface area contributed by atoms with Crippen molar-refractivity contribution < 1.29 is 0 Å². The predicted molar refractivity (Wildman–Crippen MR) is 83.2 cm³/mol. The Labute approximate surface area is 125 Å². The van der Waals surface area contributed by atoms with Crippen molar-refractivity contribution in [3.63, 3.8) is 0 Å². The van der Waals surface area contributed by atoms with Crippen LogP contribution in [-0.4, -0.2) is 11.8 Å². The van der Waals surface area contributed by atoms with Gasteiger partial charge in [-0.3, -0.25) is 0 Å². The van der Waals surface area contributed by atoms with Crippen molar-refractivity contribution in [1.29, 1.82) is 0 Å². The summed E-state index contributed by atoms with van der Waals surface area (Å²) in [7, 11) is 0. The summed E-state index contributed by atoms with van der Waals surface area (Å²) in [6.45, 7) is 0. The number of nitrogens with two attached hydrogens (primary N) is 1. The van der Waals surface area contributed by atoms with E-state index in [1.807, 2.05) is 36.4 Å². The fraction of sp³-hybridized carbons (Fsp3) is 0.231. The average Bonchev–Trinajstić information content (AvgIpc) is 2.72. The molecule has 0 radical (unpaired) electrons. The first kappa shape index (κ1) is 14.2. The lowest BCUT2D eigenvalue weighted by molar-refractivity contribution is 0.757. The molecule has 1 aromatic heterocycles. The highest BCUT2D eigenvalue weighted by atomic mass is 35.5. The highest BCUT2D eigenvalue weighted by molar-refractivity contribution is 7.99. The summed E-state index contributed by atoms with van der Waals surface area (Å²) in [6, 6.07) is 11.9. The van der Waals surface area contributed by atoms with Crippen LogP contribution in [0.3, 0.4) is 0 Å². The van der Waals surface area contributed by atoms with Crippen LogP contribution in [0.15, 0.2) is 41.3 Å². The van der Waals surface area contributed by atoms with Crippen molar-refractivity contribution in [2.75, 3.05) is 5.75 Å². The van der Waals surface area contributed by atoms with Gasteiger partial charge in [0.15, 0.2) is 0 Å². The third-order valence-corrected chi connectivity index (χ3v) is 5.02. The molecule has 0 spiro atoms. The monoisotopic (exact) mass is 317 g/mol. The number of hydrogen-bond donors (Lipinski definition) is 1. The maximum absolute atomic E-state index is 6.11. The molecule has 1 heterocycles. The first-order valence-electron chi connectivity index (χ1n) is 5.51. The van der Waals surface area contributed by atoms with E-state index in [1.54, 1.807) is 23.1 Å². The van der Waals surface area contributed by atoms with Gasteiger partial charge in [0, 0.05) is 26.6 Å². The van der Waals surface area contributed by atoms with E-state index >= 15 is 0 Å². The van der Waals surface area contributed by atoms with Gasteiger partial charge in [0.2, 0.25) is 0 Å². The topological polar surface area (TPSA) is 26.0 Å². The molecule has 1 atom stereocenters. The van der Waals surface area contributed by atoms with Gasteiger partial charge in [-0.25, -0.2) is 0 Å². The van der Waals surface area contributed by atoms with Crippen molar-refractivity contribution in [1.82, 2.24) is 0 Å².